The monoisotopic (exact) mass is 607 g/mol. The van der Waals surface area contributed by atoms with E-state index in [0.29, 0.717) is 37.8 Å². The Bertz CT molecular complexity index is 1640. The second-order valence-electron chi connectivity index (χ2n) is 13.2. The predicted molar refractivity (Wildman–Crippen MR) is 162 cm³/mol. The first-order chi connectivity index (χ1) is 20.8. The summed E-state index contributed by atoms with van der Waals surface area (Å²) in [5.41, 5.74) is 2.85. The molecule has 1 aliphatic heterocycles. The van der Waals surface area contributed by atoms with E-state index in [1.165, 1.54) is 11.8 Å². The molecule has 0 bridgehead atoms. The van der Waals surface area contributed by atoms with Gasteiger partial charge in [-0.15, -0.1) is 10.2 Å². The number of likely N-dealkylation sites (tertiary alicyclic amines) is 1. The van der Waals surface area contributed by atoms with E-state index in [0.717, 1.165) is 36.7 Å². The Hall–Kier alpha value is -4.02. The van der Waals surface area contributed by atoms with Crippen LogP contribution in [0.2, 0.25) is 0 Å². The maximum Gasteiger partial charge on any atom is 0.276 e. The van der Waals surface area contributed by atoms with Gasteiger partial charge >= 0.3 is 0 Å². The minimum absolute atomic E-state index is 0.0221. The van der Waals surface area contributed by atoms with E-state index in [4.69, 9.17) is 0 Å². The topological polar surface area (TPSA) is 81.7 Å². The number of carbonyl (C=O) groups is 1. The smallest absolute Gasteiger partial charge is 0.276 e. The molecular formula is C33H40F3N7O. The van der Waals surface area contributed by atoms with Crippen LogP contribution in [-0.4, -0.2) is 53.9 Å². The zero-order valence-electron chi connectivity index (χ0n) is 26.2. The maximum atomic E-state index is 14.4. The van der Waals surface area contributed by atoms with Crippen LogP contribution in [0.4, 0.5) is 13.2 Å². The Kier molecular flexibility index (Phi) is 8.68. The van der Waals surface area contributed by atoms with E-state index >= 15 is 0 Å². The number of carbonyl (C=O) groups excluding carboxylic acids is 1. The summed E-state index contributed by atoms with van der Waals surface area (Å²) in [6, 6.07) is 9.52. The fourth-order valence-electron chi connectivity index (χ4n) is 6.05. The molecule has 1 aliphatic rings. The lowest BCUT2D eigenvalue weighted by molar-refractivity contribution is 0.0234. The highest BCUT2D eigenvalue weighted by Gasteiger charge is 2.41. The molecular weight excluding hydrogens is 567 g/mol. The summed E-state index contributed by atoms with van der Waals surface area (Å²) in [5, 5.41) is 17.0. The lowest BCUT2D eigenvalue weighted by Crippen LogP contribution is -2.50. The average Bonchev–Trinajstić information content (AvgIpc) is 3.61. The summed E-state index contributed by atoms with van der Waals surface area (Å²) in [4.78, 5) is 15.9. The third kappa shape index (κ3) is 6.14. The number of hydrogen-bond acceptors (Lipinski definition) is 5. The molecule has 0 radical (unpaired) electrons. The minimum Gasteiger partial charge on any atom is -0.337 e. The van der Waals surface area contributed by atoms with Gasteiger partial charge in [-0.25, -0.2) is 17.9 Å². The molecule has 0 aliphatic carbocycles. The lowest BCUT2D eigenvalue weighted by atomic mass is 9.71. The number of benzene rings is 2. The highest BCUT2D eigenvalue weighted by molar-refractivity contribution is 5.93. The summed E-state index contributed by atoms with van der Waals surface area (Å²) < 4.78 is 45.1. The molecule has 3 heterocycles. The summed E-state index contributed by atoms with van der Waals surface area (Å²) >= 11 is 0. The van der Waals surface area contributed by atoms with Gasteiger partial charge in [0, 0.05) is 30.1 Å². The van der Waals surface area contributed by atoms with E-state index in [-0.39, 0.29) is 33.9 Å². The van der Waals surface area contributed by atoms with Gasteiger partial charge in [-0.3, -0.25) is 9.48 Å². The van der Waals surface area contributed by atoms with Crippen molar-refractivity contribution in [2.45, 2.75) is 79.2 Å². The van der Waals surface area contributed by atoms with Crippen molar-refractivity contribution in [3.63, 3.8) is 0 Å². The Balaban J connectivity index is 1.40. The minimum atomic E-state index is -1.26. The highest BCUT2D eigenvalue weighted by Crippen LogP contribution is 2.40. The fourth-order valence-corrected chi connectivity index (χ4v) is 6.05. The van der Waals surface area contributed by atoms with Crippen LogP contribution < -0.4 is 0 Å². The molecule has 8 nitrogen and oxygen atoms in total. The first-order valence-corrected chi connectivity index (χ1v) is 15.2. The van der Waals surface area contributed by atoms with Crippen molar-refractivity contribution in [3.05, 3.63) is 77.0 Å². The number of nitrogens with zero attached hydrogens (tertiary/aromatic N) is 7. The van der Waals surface area contributed by atoms with Crippen molar-refractivity contribution >= 4 is 5.91 Å². The molecule has 2 aromatic carbocycles. The summed E-state index contributed by atoms with van der Waals surface area (Å²) in [6.45, 7) is 14.3. The van der Waals surface area contributed by atoms with E-state index in [9.17, 15) is 18.0 Å². The third-order valence-electron chi connectivity index (χ3n) is 8.85. The van der Waals surface area contributed by atoms with Gasteiger partial charge in [-0.05, 0) is 54.4 Å². The van der Waals surface area contributed by atoms with Crippen LogP contribution in [0.25, 0.3) is 16.9 Å². The Morgan fingerprint density at radius 3 is 2.36 bits per heavy atom. The third-order valence-corrected chi connectivity index (χ3v) is 8.85. The second-order valence-corrected chi connectivity index (χ2v) is 13.2. The summed E-state index contributed by atoms with van der Waals surface area (Å²) in [6.07, 6.45) is 4.65. The van der Waals surface area contributed by atoms with E-state index in [1.54, 1.807) is 9.36 Å². The molecule has 5 rings (SSSR count). The maximum absolute atomic E-state index is 14.4. The van der Waals surface area contributed by atoms with Gasteiger partial charge in [0.2, 0.25) is 0 Å². The van der Waals surface area contributed by atoms with Crippen LogP contribution in [0.3, 0.4) is 0 Å². The average molecular weight is 608 g/mol. The molecule has 1 amide bonds. The summed E-state index contributed by atoms with van der Waals surface area (Å²) in [7, 11) is 0. The van der Waals surface area contributed by atoms with Gasteiger partial charge in [0.15, 0.2) is 17.3 Å². The number of aromatic nitrogens is 6. The van der Waals surface area contributed by atoms with Gasteiger partial charge in [-0.1, -0.05) is 70.5 Å². The first kappa shape index (κ1) is 31.4. The van der Waals surface area contributed by atoms with Gasteiger partial charge in [0.1, 0.15) is 11.5 Å². The SMILES string of the molecule is CCCc1c(C(=O)N2CCCC(Cn3cc(-c4cc(F)c(F)cc4F)nn3)(C(C)C)C2)nnn1-c1ccc(C(C)(C)C)cc1. The molecule has 11 heteroatoms. The van der Waals surface area contributed by atoms with Crippen molar-refractivity contribution in [2.75, 3.05) is 13.1 Å². The molecule has 4 aromatic rings. The molecule has 234 valence electrons. The predicted octanol–water partition coefficient (Wildman–Crippen LogP) is 6.77. The van der Waals surface area contributed by atoms with E-state index in [1.807, 2.05) is 17.0 Å². The van der Waals surface area contributed by atoms with Crippen molar-refractivity contribution in [3.8, 4) is 16.9 Å². The number of hydrogen-bond donors (Lipinski definition) is 0. The van der Waals surface area contributed by atoms with Crippen LogP contribution in [0.15, 0.2) is 42.6 Å². The Morgan fingerprint density at radius 1 is 1.00 bits per heavy atom. The number of rotatable bonds is 8. The van der Waals surface area contributed by atoms with Crippen LogP contribution in [0.1, 0.15) is 82.6 Å². The highest BCUT2D eigenvalue weighted by atomic mass is 19.2. The van der Waals surface area contributed by atoms with Gasteiger partial charge in [-0.2, -0.15) is 0 Å². The molecule has 1 fully saturated rings. The normalized spacial score (nSPS) is 17.5. The molecule has 0 saturated carbocycles. The molecule has 1 atom stereocenters. The van der Waals surface area contributed by atoms with Gasteiger partial charge in [0.25, 0.3) is 5.91 Å². The molecule has 1 unspecified atom stereocenters. The van der Waals surface area contributed by atoms with Gasteiger partial charge in [0.05, 0.1) is 24.1 Å². The molecule has 0 spiro atoms. The molecule has 2 aromatic heterocycles. The molecule has 44 heavy (non-hydrogen) atoms. The van der Waals surface area contributed by atoms with Crippen molar-refractivity contribution in [2.24, 2.45) is 11.3 Å². The number of amides is 1. The van der Waals surface area contributed by atoms with Crippen molar-refractivity contribution < 1.29 is 18.0 Å². The molecule has 1 saturated heterocycles. The van der Waals surface area contributed by atoms with Crippen LogP contribution in [0.5, 0.6) is 0 Å². The van der Waals surface area contributed by atoms with Crippen LogP contribution in [-0.2, 0) is 18.4 Å². The second kappa shape index (κ2) is 12.2. The number of piperidine rings is 1. The van der Waals surface area contributed by atoms with E-state index in [2.05, 4.69) is 74.3 Å². The Morgan fingerprint density at radius 2 is 1.70 bits per heavy atom. The fraction of sp³-hybridized carbons (Fsp3) is 0.485. The van der Waals surface area contributed by atoms with Crippen LogP contribution in [0, 0.1) is 28.8 Å². The van der Waals surface area contributed by atoms with Crippen molar-refractivity contribution in [1.29, 1.82) is 0 Å². The summed E-state index contributed by atoms with van der Waals surface area (Å²) in [5.74, 6) is -3.32. The zero-order chi connectivity index (χ0) is 31.8. The largest absolute Gasteiger partial charge is 0.337 e. The standard InChI is InChI=1S/C33H40F3N7O/c1-7-9-29-30(38-40-43(29)23-12-10-22(11-13-23)32(4,5)6)31(44)41-15-8-14-33(19-41,21(2)3)20-42-18-28(37-39-42)24-16-26(35)27(36)17-25(24)34/h10-13,16-18,21H,7-9,14-15,19-20H2,1-6H3. The van der Waals surface area contributed by atoms with Gasteiger partial charge < -0.3 is 4.90 Å². The van der Waals surface area contributed by atoms with Crippen molar-refractivity contribution in [1.82, 2.24) is 34.9 Å². The lowest BCUT2D eigenvalue weighted by Gasteiger charge is -2.45. The zero-order valence-corrected chi connectivity index (χ0v) is 26.2. The van der Waals surface area contributed by atoms with Crippen LogP contribution >= 0.6 is 0 Å². The quantitative estimate of drug-likeness (QED) is 0.207. The molecule has 0 N–H and O–H groups in total. The van der Waals surface area contributed by atoms with E-state index < -0.39 is 17.5 Å². The first-order valence-electron chi connectivity index (χ1n) is 15.2. The Labute approximate surface area is 256 Å². The number of halogens is 3.